The van der Waals surface area contributed by atoms with Crippen LogP contribution >= 0.6 is 0 Å². The molecule has 1 heteroatoms. The maximum absolute atomic E-state index is 10.0. The molecule has 0 heterocycles. The summed E-state index contributed by atoms with van der Waals surface area (Å²) in [4.78, 5) is 0. The molecule has 4 aliphatic carbocycles. The minimum atomic E-state index is -0.0224. The van der Waals surface area contributed by atoms with Gasteiger partial charge >= 0.3 is 0 Å². The SMILES string of the molecule is C[C@]12CC[C@@H](O)C[C@@H]1CC[C@H]1C3=CC=C[C@@]3(C)CC[C@@H]12. The predicted octanol–water partition coefficient (Wildman–Crippen LogP) is 4.48. The summed E-state index contributed by atoms with van der Waals surface area (Å²) in [5, 5.41) is 10.0. The second kappa shape index (κ2) is 4.22. The van der Waals surface area contributed by atoms with Gasteiger partial charge < -0.3 is 5.11 Å². The molecular formula is C19H28O. The molecular weight excluding hydrogens is 244 g/mol. The van der Waals surface area contributed by atoms with Gasteiger partial charge in [0.05, 0.1) is 6.10 Å². The van der Waals surface area contributed by atoms with Crippen molar-refractivity contribution >= 4 is 0 Å². The van der Waals surface area contributed by atoms with E-state index in [0.717, 1.165) is 30.6 Å². The summed E-state index contributed by atoms with van der Waals surface area (Å²) >= 11 is 0. The first-order chi connectivity index (χ1) is 9.53. The molecule has 1 nitrogen and oxygen atoms in total. The van der Waals surface area contributed by atoms with Gasteiger partial charge in [0.25, 0.3) is 0 Å². The quantitative estimate of drug-likeness (QED) is 0.689. The number of rotatable bonds is 0. The zero-order valence-corrected chi connectivity index (χ0v) is 12.9. The van der Waals surface area contributed by atoms with Gasteiger partial charge in [-0.25, -0.2) is 0 Å². The van der Waals surface area contributed by atoms with Gasteiger partial charge in [-0.2, -0.15) is 0 Å². The van der Waals surface area contributed by atoms with Gasteiger partial charge in [0, 0.05) is 5.41 Å². The number of aliphatic hydroxyl groups excluding tert-OH is 1. The fourth-order valence-electron chi connectivity index (χ4n) is 6.16. The molecule has 110 valence electrons. The smallest absolute Gasteiger partial charge is 0.0543 e. The lowest BCUT2D eigenvalue weighted by Crippen LogP contribution is -2.51. The van der Waals surface area contributed by atoms with E-state index in [1.165, 1.54) is 32.1 Å². The van der Waals surface area contributed by atoms with Crippen molar-refractivity contribution in [2.75, 3.05) is 0 Å². The minimum Gasteiger partial charge on any atom is -0.393 e. The van der Waals surface area contributed by atoms with Crippen molar-refractivity contribution in [1.29, 1.82) is 0 Å². The van der Waals surface area contributed by atoms with Crippen LogP contribution in [0.1, 0.15) is 58.8 Å². The molecule has 3 fully saturated rings. The normalized spacial score (nSPS) is 53.9. The fourth-order valence-corrected chi connectivity index (χ4v) is 6.16. The highest BCUT2D eigenvalue weighted by Crippen LogP contribution is 2.63. The van der Waals surface area contributed by atoms with Crippen LogP contribution in [0.4, 0.5) is 0 Å². The van der Waals surface area contributed by atoms with E-state index in [0.29, 0.717) is 10.8 Å². The lowest BCUT2D eigenvalue weighted by Gasteiger charge is -2.58. The molecule has 4 aliphatic rings. The summed E-state index contributed by atoms with van der Waals surface area (Å²) < 4.78 is 0. The highest BCUT2D eigenvalue weighted by Gasteiger charge is 2.54. The Labute approximate surface area is 123 Å². The lowest BCUT2D eigenvalue weighted by atomic mass is 9.46. The summed E-state index contributed by atoms with van der Waals surface area (Å²) in [5.74, 6) is 2.46. The van der Waals surface area contributed by atoms with Crippen molar-refractivity contribution < 1.29 is 5.11 Å². The molecule has 0 saturated heterocycles. The third kappa shape index (κ3) is 1.65. The third-order valence-electron chi connectivity index (χ3n) is 7.44. The fraction of sp³-hybridized carbons (Fsp3) is 0.789. The number of hydrogen-bond donors (Lipinski definition) is 1. The van der Waals surface area contributed by atoms with E-state index in [1.54, 1.807) is 5.57 Å². The topological polar surface area (TPSA) is 20.2 Å². The number of hydrogen-bond acceptors (Lipinski definition) is 1. The van der Waals surface area contributed by atoms with E-state index in [4.69, 9.17) is 0 Å². The van der Waals surface area contributed by atoms with Crippen LogP contribution < -0.4 is 0 Å². The van der Waals surface area contributed by atoms with Gasteiger partial charge in [-0.05, 0) is 68.1 Å². The van der Waals surface area contributed by atoms with Gasteiger partial charge in [-0.3, -0.25) is 0 Å². The summed E-state index contributed by atoms with van der Waals surface area (Å²) in [6.07, 6.45) is 15.9. The molecule has 6 atom stereocenters. The van der Waals surface area contributed by atoms with E-state index in [9.17, 15) is 5.11 Å². The summed E-state index contributed by atoms with van der Waals surface area (Å²) in [6, 6.07) is 0. The zero-order chi connectivity index (χ0) is 14.0. The standard InChI is InChI=1S/C19H28O/c1-18-9-3-4-16(18)15-6-5-13-12-14(20)7-11-19(13,2)17(15)8-10-18/h3-4,9,13-15,17,20H,5-8,10-12H2,1-2H3/t13-,14+,15-,17-,18-,19-/m0/s1. The van der Waals surface area contributed by atoms with Crippen LogP contribution in [-0.4, -0.2) is 11.2 Å². The molecule has 0 amide bonds. The highest BCUT2D eigenvalue weighted by atomic mass is 16.3. The maximum Gasteiger partial charge on any atom is 0.0543 e. The second-order valence-electron chi connectivity index (χ2n) is 8.36. The lowest BCUT2D eigenvalue weighted by molar-refractivity contribution is -0.0789. The van der Waals surface area contributed by atoms with Crippen molar-refractivity contribution in [2.45, 2.75) is 64.9 Å². The summed E-state index contributed by atoms with van der Waals surface area (Å²) in [7, 11) is 0. The van der Waals surface area contributed by atoms with Crippen LogP contribution in [0.3, 0.4) is 0 Å². The molecule has 0 unspecified atom stereocenters. The average Bonchev–Trinajstić information content (AvgIpc) is 2.81. The Morgan fingerprint density at radius 2 is 1.95 bits per heavy atom. The Morgan fingerprint density at radius 1 is 1.10 bits per heavy atom. The Balaban J connectivity index is 1.66. The minimum absolute atomic E-state index is 0.0224. The number of allylic oxidation sites excluding steroid dienone is 4. The molecule has 4 rings (SSSR count). The van der Waals surface area contributed by atoms with Crippen molar-refractivity contribution in [3.63, 3.8) is 0 Å². The van der Waals surface area contributed by atoms with Crippen LogP contribution in [-0.2, 0) is 0 Å². The first kappa shape index (κ1) is 13.1. The van der Waals surface area contributed by atoms with Crippen LogP contribution in [0, 0.1) is 28.6 Å². The predicted molar refractivity (Wildman–Crippen MR) is 82.2 cm³/mol. The Hall–Kier alpha value is -0.560. The van der Waals surface area contributed by atoms with Gasteiger partial charge in [0.2, 0.25) is 0 Å². The highest BCUT2D eigenvalue weighted by molar-refractivity contribution is 5.37. The molecule has 3 saturated carbocycles. The molecule has 0 aromatic rings. The molecule has 1 N–H and O–H groups in total. The second-order valence-corrected chi connectivity index (χ2v) is 8.36. The molecule has 20 heavy (non-hydrogen) atoms. The molecule has 0 aliphatic heterocycles. The Bertz CT molecular complexity index is 476. The zero-order valence-electron chi connectivity index (χ0n) is 12.9. The summed E-state index contributed by atoms with van der Waals surface area (Å²) in [6.45, 7) is 4.99. The van der Waals surface area contributed by atoms with E-state index >= 15 is 0 Å². The first-order valence-corrected chi connectivity index (χ1v) is 8.61. The molecule has 0 bridgehead atoms. The van der Waals surface area contributed by atoms with Crippen LogP contribution in [0.5, 0.6) is 0 Å². The van der Waals surface area contributed by atoms with E-state index in [1.807, 2.05) is 0 Å². The van der Waals surface area contributed by atoms with Crippen LogP contribution in [0.25, 0.3) is 0 Å². The van der Waals surface area contributed by atoms with Gasteiger partial charge in [-0.1, -0.05) is 37.6 Å². The first-order valence-electron chi connectivity index (χ1n) is 8.61. The van der Waals surface area contributed by atoms with Crippen molar-refractivity contribution in [1.82, 2.24) is 0 Å². The van der Waals surface area contributed by atoms with E-state index in [-0.39, 0.29) is 6.10 Å². The van der Waals surface area contributed by atoms with Crippen molar-refractivity contribution in [2.24, 2.45) is 28.6 Å². The Kier molecular flexibility index (Phi) is 2.77. The average molecular weight is 272 g/mol. The molecule has 0 spiro atoms. The largest absolute Gasteiger partial charge is 0.393 e. The molecule has 0 aromatic carbocycles. The van der Waals surface area contributed by atoms with Gasteiger partial charge in [0.1, 0.15) is 0 Å². The van der Waals surface area contributed by atoms with Crippen molar-refractivity contribution in [3.05, 3.63) is 23.8 Å². The van der Waals surface area contributed by atoms with Crippen molar-refractivity contribution in [3.8, 4) is 0 Å². The van der Waals surface area contributed by atoms with Crippen LogP contribution in [0.15, 0.2) is 23.8 Å². The molecule has 0 radical (unpaired) electrons. The monoisotopic (exact) mass is 272 g/mol. The third-order valence-corrected chi connectivity index (χ3v) is 7.44. The number of aliphatic hydroxyl groups is 1. The van der Waals surface area contributed by atoms with Gasteiger partial charge in [0.15, 0.2) is 0 Å². The number of fused-ring (bicyclic) bond motifs is 5. The van der Waals surface area contributed by atoms with Gasteiger partial charge in [-0.15, -0.1) is 0 Å². The van der Waals surface area contributed by atoms with E-state index in [2.05, 4.69) is 32.1 Å². The maximum atomic E-state index is 10.0. The molecule has 0 aromatic heterocycles. The Morgan fingerprint density at radius 3 is 2.80 bits per heavy atom. The summed E-state index contributed by atoms with van der Waals surface area (Å²) in [5.41, 5.74) is 2.60. The van der Waals surface area contributed by atoms with Crippen LogP contribution in [0.2, 0.25) is 0 Å². The van der Waals surface area contributed by atoms with E-state index < -0.39 is 0 Å².